The molecule has 1 aliphatic heterocycles. The predicted octanol–water partition coefficient (Wildman–Crippen LogP) is 3.18. The summed E-state index contributed by atoms with van der Waals surface area (Å²) in [6.07, 6.45) is 4.35. The number of furan rings is 1. The fraction of sp³-hybridized carbons (Fsp3) is 0.500. The highest BCUT2D eigenvalue weighted by atomic mass is 32.2. The fourth-order valence-corrected chi connectivity index (χ4v) is 3.75. The van der Waals surface area contributed by atoms with E-state index >= 15 is 0 Å². The average molecular weight is 306 g/mol. The first-order valence-corrected chi connectivity index (χ1v) is 8.05. The van der Waals surface area contributed by atoms with Gasteiger partial charge in [0.05, 0.1) is 12.2 Å². The van der Waals surface area contributed by atoms with Crippen LogP contribution < -0.4 is 0 Å². The topological polar surface area (TPSA) is 56.5 Å². The molecule has 1 aromatic heterocycles. The van der Waals surface area contributed by atoms with Crippen molar-refractivity contribution in [2.24, 2.45) is 17.3 Å². The first-order valence-electron chi connectivity index (χ1n) is 7.07. The van der Waals surface area contributed by atoms with Crippen molar-refractivity contribution in [3.8, 4) is 0 Å². The van der Waals surface area contributed by atoms with Gasteiger partial charge in [-0.3, -0.25) is 9.59 Å². The fourth-order valence-electron chi connectivity index (χ4n) is 2.88. The zero-order valence-electron chi connectivity index (χ0n) is 12.1. The summed E-state index contributed by atoms with van der Waals surface area (Å²) < 4.78 is 10.5. The number of carbonyl (C=O) groups excluding carboxylic acids is 2. The molecule has 1 saturated carbocycles. The number of rotatable bonds is 4. The van der Waals surface area contributed by atoms with Gasteiger partial charge < -0.3 is 9.15 Å². The summed E-state index contributed by atoms with van der Waals surface area (Å²) >= 11 is 1.36. The molecule has 0 radical (unpaired) electrons. The number of hydrogen-bond donors (Lipinski definition) is 0. The molecule has 1 aromatic rings. The Morgan fingerprint density at radius 1 is 1.57 bits per heavy atom. The van der Waals surface area contributed by atoms with Crippen molar-refractivity contribution in [2.75, 3.05) is 5.75 Å². The van der Waals surface area contributed by atoms with Crippen molar-refractivity contribution in [1.82, 2.24) is 0 Å². The van der Waals surface area contributed by atoms with Crippen LogP contribution in [0.15, 0.2) is 34.5 Å². The van der Waals surface area contributed by atoms with Crippen molar-refractivity contribution in [3.63, 3.8) is 0 Å². The smallest absolute Gasteiger partial charge is 0.310 e. The molecule has 0 spiro atoms. The van der Waals surface area contributed by atoms with E-state index in [1.54, 1.807) is 18.4 Å². The van der Waals surface area contributed by atoms with Gasteiger partial charge in [0.2, 0.25) is 5.12 Å². The van der Waals surface area contributed by atoms with Crippen molar-refractivity contribution in [3.05, 3.63) is 35.8 Å². The van der Waals surface area contributed by atoms with Crippen LogP contribution >= 0.6 is 11.8 Å². The van der Waals surface area contributed by atoms with Crippen molar-refractivity contribution >= 4 is 22.8 Å². The summed E-state index contributed by atoms with van der Waals surface area (Å²) in [6.45, 7) is 4.25. The first-order chi connectivity index (χ1) is 10.00. The van der Waals surface area contributed by atoms with Crippen LogP contribution in [0.3, 0.4) is 0 Å². The van der Waals surface area contributed by atoms with Gasteiger partial charge in [0, 0.05) is 11.3 Å². The van der Waals surface area contributed by atoms with Gasteiger partial charge in [-0.2, -0.15) is 0 Å². The number of thioether (sulfide) groups is 1. The van der Waals surface area contributed by atoms with Crippen molar-refractivity contribution in [2.45, 2.75) is 26.9 Å². The lowest BCUT2D eigenvalue weighted by atomic mass is 10.1. The van der Waals surface area contributed by atoms with Crippen LogP contribution in [0.4, 0.5) is 0 Å². The molecule has 0 N–H and O–H groups in total. The molecule has 1 saturated heterocycles. The van der Waals surface area contributed by atoms with Gasteiger partial charge in [0.1, 0.15) is 12.4 Å². The Hall–Kier alpha value is -1.49. The maximum absolute atomic E-state index is 12.2. The van der Waals surface area contributed by atoms with Gasteiger partial charge in [-0.05, 0) is 29.9 Å². The minimum Gasteiger partial charge on any atom is -0.466 e. The zero-order chi connectivity index (χ0) is 15.0. The summed E-state index contributed by atoms with van der Waals surface area (Å²) in [7, 11) is 0. The second-order valence-electron chi connectivity index (χ2n) is 6.09. The highest BCUT2D eigenvalue weighted by Crippen LogP contribution is 2.60. The molecule has 21 heavy (non-hydrogen) atoms. The molecule has 2 fully saturated rings. The molecule has 4 nitrogen and oxygen atoms in total. The number of hydrogen-bond acceptors (Lipinski definition) is 5. The van der Waals surface area contributed by atoms with E-state index in [1.165, 1.54) is 11.8 Å². The molecule has 5 heteroatoms. The van der Waals surface area contributed by atoms with Crippen LogP contribution in [0.2, 0.25) is 0 Å². The first kappa shape index (κ1) is 14.4. The van der Waals surface area contributed by atoms with Crippen molar-refractivity contribution in [1.29, 1.82) is 0 Å². The van der Waals surface area contributed by atoms with E-state index in [1.807, 2.05) is 19.9 Å². The summed E-state index contributed by atoms with van der Waals surface area (Å²) in [5, 5.41) is 0.153. The second-order valence-corrected chi connectivity index (χ2v) is 7.16. The van der Waals surface area contributed by atoms with Crippen LogP contribution in [0.25, 0.3) is 0 Å². The monoisotopic (exact) mass is 306 g/mol. The standard InChI is InChI=1S/C16H18O4S/c1-16(2)12(8-10-5-7-21-15(10)18)13(16)14(17)20-9-11-4-3-6-19-11/h3-4,6,8,12-13H,5,7,9H2,1-2H3/t12-,13-/m0/s1. The lowest BCUT2D eigenvalue weighted by Crippen LogP contribution is -2.10. The molecule has 2 aliphatic rings. The van der Waals surface area contributed by atoms with Gasteiger partial charge in [-0.25, -0.2) is 0 Å². The highest BCUT2D eigenvalue weighted by Gasteiger charge is 2.61. The molecule has 2 heterocycles. The molecule has 0 amide bonds. The Labute approximate surface area is 127 Å². The van der Waals surface area contributed by atoms with Crippen LogP contribution in [0, 0.1) is 17.3 Å². The number of ether oxygens (including phenoxy) is 1. The summed E-state index contributed by atoms with van der Waals surface area (Å²) in [6, 6.07) is 3.54. The van der Waals surface area contributed by atoms with Crippen LogP contribution in [0.5, 0.6) is 0 Å². The predicted molar refractivity (Wildman–Crippen MR) is 79.4 cm³/mol. The van der Waals surface area contributed by atoms with Gasteiger partial charge >= 0.3 is 5.97 Å². The summed E-state index contributed by atoms with van der Waals surface area (Å²) in [4.78, 5) is 23.9. The molecular formula is C16H18O4S. The average Bonchev–Trinajstić information content (AvgIpc) is 2.88. The molecule has 0 bridgehead atoms. The quantitative estimate of drug-likeness (QED) is 0.631. The largest absolute Gasteiger partial charge is 0.466 e. The molecule has 3 rings (SSSR count). The second kappa shape index (κ2) is 5.37. The van der Waals surface area contributed by atoms with Crippen LogP contribution in [0.1, 0.15) is 26.0 Å². The maximum atomic E-state index is 12.2. The Bertz CT molecular complexity index is 585. The van der Waals surface area contributed by atoms with E-state index in [9.17, 15) is 9.59 Å². The number of esters is 1. The maximum Gasteiger partial charge on any atom is 0.310 e. The SMILES string of the molecule is CC1(C)[C@H](C(=O)OCc2ccco2)[C@@H]1C=C1CCSC1=O. The summed E-state index contributed by atoms with van der Waals surface area (Å²) in [5.41, 5.74) is 0.722. The summed E-state index contributed by atoms with van der Waals surface area (Å²) in [5.74, 6) is 1.21. The third-order valence-electron chi connectivity index (χ3n) is 4.35. The number of allylic oxidation sites excluding steroid dienone is 1. The van der Waals surface area contributed by atoms with Crippen LogP contribution in [-0.4, -0.2) is 16.8 Å². The van der Waals surface area contributed by atoms with E-state index in [-0.39, 0.29) is 34.9 Å². The van der Waals surface area contributed by atoms with E-state index in [0.29, 0.717) is 5.76 Å². The lowest BCUT2D eigenvalue weighted by molar-refractivity contribution is -0.148. The van der Waals surface area contributed by atoms with E-state index in [2.05, 4.69) is 0 Å². The van der Waals surface area contributed by atoms with Gasteiger partial charge in [-0.1, -0.05) is 31.7 Å². The van der Waals surface area contributed by atoms with Gasteiger partial charge in [-0.15, -0.1) is 0 Å². The Kier molecular flexibility index (Phi) is 3.69. The molecule has 0 unspecified atom stereocenters. The lowest BCUT2D eigenvalue weighted by Gasteiger charge is -2.03. The molecule has 0 aromatic carbocycles. The Morgan fingerprint density at radius 3 is 3.00 bits per heavy atom. The molecule has 2 atom stereocenters. The van der Waals surface area contributed by atoms with Gasteiger partial charge in [0.15, 0.2) is 0 Å². The highest BCUT2D eigenvalue weighted by molar-refractivity contribution is 8.14. The van der Waals surface area contributed by atoms with E-state index in [4.69, 9.17) is 9.15 Å². The third kappa shape index (κ3) is 2.79. The molecule has 1 aliphatic carbocycles. The normalized spacial score (nSPS) is 28.9. The third-order valence-corrected chi connectivity index (χ3v) is 5.28. The zero-order valence-corrected chi connectivity index (χ0v) is 12.9. The molecule has 112 valence electrons. The van der Waals surface area contributed by atoms with E-state index < -0.39 is 0 Å². The van der Waals surface area contributed by atoms with Gasteiger partial charge in [0.25, 0.3) is 0 Å². The van der Waals surface area contributed by atoms with E-state index in [0.717, 1.165) is 17.7 Å². The number of carbonyl (C=O) groups is 2. The molecular weight excluding hydrogens is 288 g/mol. The minimum atomic E-state index is -0.212. The van der Waals surface area contributed by atoms with Crippen LogP contribution in [-0.2, 0) is 20.9 Å². The minimum absolute atomic E-state index is 0.0965. The van der Waals surface area contributed by atoms with Crippen molar-refractivity contribution < 1.29 is 18.7 Å². The Morgan fingerprint density at radius 2 is 2.38 bits per heavy atom. The Balaban J connectivity index is 1.62.